The minimum atomic E-state index is 0.773. The molecule has 0 spiro atoms. The Bertz CT molecular complexity index is 511. The van der Waals surface area contributed by atoms with Crippen molar-refractivity contribution < 1.29 is 4.42 Å². The van der Waals surface area contributed by atoms with Crippen LogP contribution in [0.2, 0.25) is 0 Å². The first kappa shape index (κ1) is 11.9. The molecule has 92 valence electrons. The van der Waals surface area contributed by atoms with Gasteiger partial charge < -0.3 is 9.73 Å². The molecule has 0 fully saturated rings. The van der Waals surface area contributed by atoms with Gasteiger partial charge in [-0.3, -0.25) is 4.68 Å². The first-order valence-electron chi connectivity index (χ1n) is 5.93. The normalized spacial score (nSPS) is 11.1. The Morgan fingerprint density at radius 1 is 1.35 bits per heavy atom. The van der Waals surface area contributed by atoms with E-state index in [4.69, 9.17) is 4.42 Å². The maximum atomic E-state index is 5.83. The molecule has 0 bridgehead atoms. The summed E-state index contributed by atoms with van der Waals surface area (Å²) in [5.74, 6) is 1.87. The van der Waals surface area contributed by atoms with Crippen molar-refractivity contribution >= 4 is 0 Å². The Hall–Kier alpha value is -1.55. The third-order valence-corrected chi connectivity index (χ3v) is 2.97. The number of nitrogens with one attached hydrogen (secondary N) is 1. The highest BCUT2D eigenvalue weighted by atomic mass is 16.3. The molecule has 2 aromatic heterocycles. The first-order chi connectivity index (χ1) is 8.13. The topological polar surface area (TPSA) is 43.0 Å². The average Bonchev–Trinajstić information content (AvgIpc) is 2.83. The van der Waals surface area contributed by atoms with E-state index in [1.807, 2.05) is 30.8 Å². The Morgan fingerprint density at radius 2 is 2.12 bits per heavy atom. The zero-order chi connectivity index (χ0) is 12.4. The van der Waals surface area contributed by atoms with E-state index in [2.05, 4.69) is 24.3 Å². The number of nitrogens with zero attached hydrogens (tertiary/aromatic N) is 2. The van der Waals surface area contributed by atoms with Gasteiger partial charge in [0.1, 0.15) is 11.5 Å². The maximum absolute atomic E-state index is 5.83. The molecule has 0 aromatic carbocycles. The van der Waals surface area contributed by atoms with Gasteiger partial charge in [0.2, 0.25) is 0 Å². The van der Waals surface area contributed by atoms with Crippen molar-refractivity contribution in [2.75, 3.05) is 6.54 Å². The molecule has 0 saturated carbocycles. The molecule has 4 heteroatoms. The predicted octanol–water partition coefficient (Wildman–Crippen LogP) is 2.41. The van der Waals surface area contributed by atoms with Crippen LogP contribution in [0.5, 0.6) is 0 Å². The number of aromatic nitrogens is 2. The summed E-state index contributed by atoms with van der Waals surface area (Å²) in [6.07, 6.45) is 0. The number of hydrogen-bond donors (Lipinski definition) is 1. The number of rotatable bonds is 4. The lowest BCUT2D eigenvalue weighted by Gasteiger charge is -1.99. The molecule has 0 aliphatic rings. The Balaban J connectivity index is 2.30. The average molecular weight is 233 g/mol. The van der Waals surface area contributed by atoms with Crippen LogP contribution < -0.4 is 5.32 Å². The van der Waals surface area contributed by atoms with Gasteiger partial charge in [-0.25, -0.2) is 0 Å². The minimum Gasteiger partial charge on any atom is -0.460 e. The number of furan rings is 1. The van der Waals surface area contributed by atoms with E-state index in [1.54, 1.807) is 0 Å². The van der Waals surface area contributed by atoms with Crippen LogP contribution in [-0.4, -0.2) is 16.3 Å². The van der Waals surface area contributed by atoms with Crippen molar-refractivity contribution in [2.45, 2.75) is 27.3 Å². The highest BCUT2D eigenvalue weighted by Gasteiger charge is 2.14. The van der Waals surface area contributed by atoms with Gasteiger partial charge in [-0.1, -0.05) is 6.92 Å². The van der Waals surface area contributed by atoms with Gasteiger partial charge in [-0.2, -0.15) is 5.10 Å². The Labute approximate surface area is 102 Å². The lowest BCUT2D eigenvalue weighted by molar-refractivity contribution is 0.498. The predicted molar refractivity (Wildman–Crippen MR) is 67.8 cm³/mol. The number of aryl methyl sites for hydroxylation is 2. The Morgan fingerprint density at radius 3 is 2.71 bits per heavy atom. The molecule has 0 atom stereocenters. The fraction of sp³-hybridized carbons (Fsp3) is 0.462. The molecule has 0 radical (unpaired) electrons. The van der Waals surface area contributed by atoms with Gasteiger partial charge in [0, 0.05) is 12.7 Å². The van der Waals surface area contributed by atoms with Crippen LogP contribution in [0.4, 0.5) is 0 Å². The number of hydrogen-bond acceptors (Lipinski definition) is 3. The summed E-state index contributed by atoms with van der Waals surface area (Å²) >= 11 is 0. The quantitative estimate of drug-likeness (QED) is 0.881. The molecule has 17 heavy (non-hydrogen) atoms. The second-order valence-corrected chi connectivity index (χ2v) is 4.22. The standard InChI is InChI=1S/C13H19N3O/c1-5-14-8-11-6-7-12(17-11)13-9(2)15-16(4)10(13)3/h6-7,14H,5,8H2,1-4H3. The largest absolute Gasteiger partial charge is 0.460 e. The molecule has 1 N–H and O–H groups in total. The van der Waals surface area contributed by atoms with Crippen molar-refractivity contribution in [3.8, 4) is 11.3 Å². The molecule has 4 nitrogen and oxygen atoms in total. The van der Waals surface area contributed by atoms with E-state index < -0.39 is 0 Å². The Kier molecular flexibility index (Phi) is 3.33. The van der Waals surface area contributed by atoms with Crippen LogP contribution in [0.25, 0.3) is 11.3 Å². The molecule has 0 aliphatic carbocycles. The summed E-state index contributed by atoms with van der Waals surface area (Å²) in [6.45, 7) is 7.87. The third-order valence-electron chi connectivity index (χ3n) is 2.97. The van der Waals surface area contributed by atoms with Crippen LogP contribution in [0.15, 0.2) is 16.5 Å². The maximum Gasteiger partial charge on any atom is 0.138 e. The second kappa shape index (κ2) is 4.75. The van der Waals surface area contributed by atoms with E-state index in [1.165, 1.54) is 0 Å². The van der Waals surface area contributed by atoms with Crippen molar-refractivity contribution in [3.63, 3.8) is 0 Å². The molecule has 2 heterocycles. The zero-order valence-electron chi connectivity index (χ0n) is 10.9. The van der Waals surface area contributed by atoms with Crippen molar-refractivity contribution in [2.24, 2.45) is 7.05 Å². The molecule has 0 amide bonds. The van der Waals surface area contributed by atoms with Crippen molar-refractivity contribution in [3.05, 3.63) is 29.3 Å². The fourth-order valence-electron chi connectivity index (χ4n) is 1.99. The van der Waals surface area contributed by atoms with Crippen molar-refractivity contribution in [1.29, 1.82) is 0 Å². The van der Waals surface area contributed by atoms with E-state index in [0.717, 1.165) is 41.6 Å². The molecular formula is C13H19N3O. The van der Waals surface area contributed by atoms with Gasteiger partial charge in [0.25, 0.3) is 0 Å². The molecule has 2 aromatic rings. The van der Waals surface area contributed by atoms with E-state index >= 15 is 0 Å². The molecule has 0 aliphatic heterocycles. The minimum absolute atomic E-state index is 0.773. The van der Waals surface area contributed by atoms with Gasteiger partial charge in [0.05, 0.1) is 17.8 Å². The second-order valence-electron chi connectivity index (χ2n) is 4.22. The van der Waals surface area contributed by atoms with Crippen LogP contribution in [0.3, 0.4) is 0 Å². The summed E-state index contributed by atoms with van der Waals surface area (Å²) in [4.78, 5) is 0. The van der Waals surface area contributed by atoms with Crippen LogP contribution in [0.1, 0.15) is 24.1 Å². The lowest BCUT2D eigenvalue weighted by Crippen LogP contribution is -2.10. The summed E-state index contributed by atoms with van der Waals surface area (Å²) in [6, 6.07) is 4.04. The van der Waals surface area contributed by atoms with Gasteiger partial charge in [0.15, 0.2) is 0 Å². The van der Waals surface area contributed by atoms with Gasteiger partial charge >= 0.3 is 0 Å². The fourth-order valence-corrected chi connectivity index (χ4v) is 1.99. The van der Waals surface area contributed by atoms with Gasteiger partial charge in [-0.05, 0) is 32.5 Å². The lowest BCUT2D eigenvalue weighted by atomic mass is 10.1. The monoisotopic (exact) mass is 233 g/mol. The van der Waals surface area contributed by atoms with Crippen LogP contribution in [-0.2, 0) is 13.6 Å². The highest BCUT2D eigenvalue weighted by molar-refractivity contribution is 5.63. The van der Waals surface area contributed by atoms with Crippen LogP contribution in [0, 0.1) is 13.8 Å². The molecular weight excluding hydrogens is 214 g/mol. The SMILES string of the molecule is CCNCc1ccc(-c2c(C)nn(C)c2C)o1. The van der Waals surface area contributed by atoms with Crippen molar-refractivity contribution in [1.82, 2.24) is 15.1 Å². The smallest absolute Gasteiger partial charge is 0.138 e. The summed E-state index contributed by atoms with van der Waals surface area (Å²) < 4.78 is 7.72. The molecule has 0 unspecified atom stereocenters. The van der Waals surface area contributed by atoms with E-state index in [-0.39, 0.29) is 0 Å². The van der Waals surface area contributed by atoms with E-state index in [0.29, 0.717) is 0 Å². The third kappa shape index (κ3) is 2.26. The van der Waals surface area contributed by atoms with E-state index in [9.17, 15) is 0 Å². The summed E-state index contributed by atoms with van der Waals surface area (Å²) in [5.41, 5.74) is 3.25. The highest BCUT2D eigenvalue weighted by Crippen LogP contribution is 2.28. The zero-order valence-corrected chi connectivity index (χ0v) is 10.9. The van der Waals surface area contributed by atoms with Crippen LogP contribution >= 0.6 is 0 Å². The summed E-state index contributed by atoms with van der Waals surface area (Å²) in [5, 5.41) is 7.65. The first-order valence-corrected chi connectivity index (χ1v) is 5.93. The van der Waals surface area contributed by atoms with Gasteiger partial charge in [-0.15, -0.1) is 0 Å². The molecule has 0 saturated heterocycles. The molecule has 2 rings (SSSR count). The summed E-state index contributed by atoms with van der Waals surface area (Å²) in [7, 11) is 1.95.